The van der Waals surface area contributed by atoms with E-state index in [-0.39, 0.29) is 36.0 Å². The lowest BCUT2D eigenvalue weighted by Crippen LogP contribution is -2.41. The molecule has 2 aliphatic rings. The highest BCUT2D eigenvalue weighted by molar-refractivity contribution is 5.01. The van der Waals surface area contributed by atoms with Crippen LogP contribution in [0, 0.1) is 0 Å². The molecule has 0 aromatic carbocycles. The van der Waals surface area contributed by atoms with Gasteiger partial charge in [0.15, 0.2) is 12.6 Å². The molecule has 7 heteroatoms. The quantitative estimate of drug-likeness (QED) is 0.394. The number of hydrogen-bond acceptors (Lipinski definition) is 7. The van der Waals surface area contributed by atoms with Gasteiger partial charge in [-0.05, 0) is 27.7 Å². The normalized spacial score (nSPS) is 34.7. The van der Waals surface area contributed by atoms with Gasteiger partial charge in [-0.25, -0.2) is 0 Å². The summed E-state index contributed by atoms with van der Waals surface area (Å²) in [6.45, 7) is 9.84. The van der Waals surface area contributed by atoms with Crippen LogP contribution in [0.2, 0.25) is 0 Å². The maximum Gasteiger partial charge on any atom is 0.154 e. The number of epoxide rings is 2. The zero-order valence-electron chi connectivity index (χ0n) is 15.0. The molecule has 0 N–H and O–H groups in total. The number of ether oxygens (including phenoxy) is 7. The lowest BCUT2D eigenvalue weighted by Gasteiger charge is -2.26. The fourth-order valence-electron chi connectivity index (χ4n) is 2.39. The monoisotopic (exact) mass is 334 g/mol. The van der Waals surface area contributed by atoms with Crippen LogP contribution in [-0.2, 0) is 33.2 Å². The topological polar surface area (TPSA) is 71.2 Å². The van der Waals surface area contributed by atoms with Crippen LogP contribution in [0.1, 0.15) is 27.7 Å². The van der Waals surface area contributed by atoms with Crippen molar-refractivity contribution >= 4 is 0 Å². The molecule has 0 spiro atoms. The molecule has 23 heavy (non-hydrogen) atoms. The lowest BCUT2D eigenvalue weighted by atomic mass is 10.0. The summed E-state index contributed by atoms with van der Waals surface area (Å²) in [6, 6.07) is 0. The zero-order chi connectivity index (χ0) is 17.1. The molecule has 0 radical (unpaired) electrons. The van der Waals surface area contributed by atoms with Gasteiger partial charge in [-0.1, -0.05) is 0 Å². The summed E-state index contributed by atoms with van der Waals surface area (Å²) in [6.07, 6.45) is -0.743. The maximum absolute atomic E-state index is 5.87. The maximum atomic E-state index is 5.87. The smallest absolute Gasteiger partial charge is 0.154 e. The van der Waals surface area contributed by atoms with Gasteiger partial charge in [0.05, 0.1) is 38.6 Å². The number of rotatable bonds is 12. The van der Waals surface area contributed by atoms with Crippen molar-refractivity contribution < 1.29 is 33.2 Å². The summed E-state index contributed by atoms with van der Waals surface area (Å²) in [4.78, 5) is 0. The van der Waals surface area contributed by atoms with Crippen LogP contribution in [0.4, 0.5) is 0 Å². The Morgan fingerprint density at radius 1 is 0.783 bits per heavy atom. The van der Waals surface area contributed by atoms with Gasteiger partial charge in [-0.3, -0.25) is 0 Å². The van der Waals surface area contributed by atoms with E-state index in [4.69, 9.17) is 33.2 Å². The Labute approximate surface area is 138 Å². The molecule has 2 fully saturated rings. The average Bonchev–Trinajstić information content (AvgIpc) is 3.42. The van der Waals surface area contributed by atoms with Crippen molar-refractivity contribution in [3.8, 4) is 0 Å². The van der Waals surface area contributed by atoms with Crippen LogP contribution in [0.5, 0.6) is 0 Å². The Morgan fingerprint density at radius 2 is 1.13 bits per heavy atom. The predicted molar refractivity (Wildman–Crippen MR) is 82.2 cm³/mol. The molecule has 0 saturated carbocycles. The van der Waals surface area contributed by atoms with E-state index >= 15 is 0 Å². The minimum atomic E-state index is -0.382. The molecule has 7 nitrogen and oxygen atoms in total. The van der Waals surface area contributed by atoms with E-state index in [1.165, 1.54) is 0 Å². The van der Waals surface area contributed by atoms with Crippen LogP contribution < -0.4 is 0 Å². The van der Waals surface area contributed by atoms with Crippen LogP contribution in [0.3, 0.4) is 0 Å². The molecule has 2 heterocycles. The lowest BCUT2D eigenvalue weighted by molar-refractivity contribution is -0.171. The fraction of sp³-hybridized carbons (Fsp3) is 1.00. The standard InChI is InChI=1S/C16H30O7/c1-11(22-13(3)17-5)15(9-20-15)7-19-8-16(10-21-16)12(2)23-14(4)18-6/h11-14H,7-10H2,1-6H3. The third kappa shape index (κ3) is 4.85. The highest BCUT2D eigenvalue weighted by Crippen LogP contribution is 2.37. The van der Waals surface area contributed by atoms with Gasteiger partial charge in [-0.15, -0.1) is 0 Å². The molecule has 2 aliphatic heterocycles. The molecule has 0 bridgehead atoms. The number of methoxy groups -OCH3 is 2. The van der Waals surface area contributed by atoms with E-state index in [9.17, 15) is 0 Å². The van der Waals surface area contributed by atoms with E-state index in [0.29, 0.717) is 26.4 Å². The molecule has 2 saturated heterocycles. The molecule has 2 rings (SSSR count). The van der Waals surface area contributed by atoms with E-state index in [1.807, 2.05) is 27.7 Å². The summed E-state index contributed by atoms with van der Waals surface area (Å²) in [5.41, 5.74) is -0.764. The molecule has 0 amide bonds. The van der Waals surface area contributed by atoms with Crippen molar-refractivity contribution in [2.75, 3.05) is 40.6 Å². The Morgan fingerprint density at radius 3 is 1.39 bits per heavy atom. The highest BCUT2D eigenvalue weighted by Gasteiger charge is 2.54. The Bertz CT molecular complexity index is 333. The largest absolute Gasteiger partial charge is 0.375 e. The predicted octanol–water partition coefficient (Wildman–Crippen LogP) is 1.34. The zero-order valence-corrected chi connectivity index (χ0v) is 15.0. The first-order chi connectivity index (χ1) is 10.9. The van der Waals surface area contributed by atoms with Crippen molar-refractivity contribution in [1.29, 1.82) is 0 Å². The summed E-state index contributed by atoms with van der Waals surface area (Å²) < 4.78 is 38.8. The Hall–Kier alpha value is -0.280. The van der Waals surface area contributed by atoms with Crippen molar-refractivity contribution in [3.63, 3.8) is 0 Å². The van der Waals surface area contributed by atoms with Crippen molar-refractivity contribution in [1.82, 2.24) is 0 Å². The molecule has 6 atom stereocenters. The molecule has 0 aromatic heterocycles. The fourth-order valence-corrected chi connectivity index (χ4v) is 2.39. The van der Waals surface area contributed by atoms with Gasteiger partial charge in [0.25, 0.3) is 0 Å². The highest BCUT2D eigenvalue weighted by atomic mass is 16.7. The Kier molecular flexibility index (Phi) is 6.41. The van der Waals surface area contributed by atoms with Gasteiger partial charge >= 0.3 is 0 Å². The van der Waals surface area contributed by atoms with Crippen LogP contribution in [0.15, 0.2) is 0 Å². The SMILES string of the molecule is COC(C)OC(C)C1(COCC2(C(C)OC(C)OC)CO2)CO1. The minimum Gasteiger partial charge on any atom is -0.375 e. The average molecular weight is 334 g/mol. The molecular weight excluding hydrogens is 304 g/mol. The van der Waals surface area contributed by atoms with Gasteiger partial charge in [0.1, 0.15) is 11.2 Å². The van der Waals surface area contributed by atoms with E-state index < -0.39 is 0 Å². The summed E-state index contributed by atoms with van der Waals surface area (Å²) in [5, 5.41) is 0. The molecule has 6 unspecified atom stereocenters. The van der Waals surface area contributed by atoms with E-state index in [1.54, 1.807) is 14.2 Å². The Balaban J connectivity index is 1.74. The van der Waals surface area contributed by atoms with E-state index in [0.717, 1.165) is 0 Å². The van der Waals surface area contributed by atoms with Crippen LogP contribution in [-0.4, -0.2) is 76.6 Å². The van der Waals surface area contributed by atoms with Crippen molar-refractivity contribution in [2.45, 2.75) is 63.7 Å². The first kappa shape index (κ1) is 19.1. The third-order valence-corrected chi connectivity index (χ3v) is 4.66. The van der Waals surface area contributed by atoms with Crippen molar-refractivity contribution in [3.05, 3.63) is 0 Å². The first-order valence-electron chi connectivity index (χ1n) is 8.09. The third-order valence-electron chi connectivity index (χ3n) is 4.66. The molecule has 0 aliphatic carbocycles. The van der Waals surface area contributed by atoms with Crippen molar-refractivity contribution in [2.24, 2.45) is 0 Å². The van der Waals surface area contributed by atoms with Gasteiger partial charge in [0.2, 0.25) is 0 Å². The van der Waals surface area contributed by atoms with Gasteiger partial charge in [0, 0.05) is 14.2 Å². The second-order valence-electron chi connectivity index (χ2n) is 6.36. The first-order valence-corrected chi connectivity index (χ1v) is 8.09. The minimum absolute atomic E-state index is 0.101. The van der Waals surface area contributed by atoms with Gasteiger partial charge in [-0.2, -0.15) is 0 Å². The molecule has 136 valence electrons. The summed E-state index contributed by atoms with van der Waals surface area (Å²) >= 11 is 0. The van der Waals surface area contributed by atoms with Crippen LogP contribution >= 0.6 is 0 Å². The molecular formula is C16H30O7. The second kappa shape index (κ2) is 7.74. The van der Waals surface area contributed by atoms with Gasteiger partial charge < -0.3 is 33.2 Å². The number of hydrogen-bond donors (Lipinski definition) is 0. The van der Waals surface area contributed by atoms with Crippen LogP contribution in [0.25, 0.3) is 0 Å². The second-order valence-corrected chi connectivity index (χ2v) is 6.36. The summed E-state index contributed by atoms with van der Waals surface area (Å²) in [7, 11) is 3.23. The van der Waals surface area contributed by atoms with E-state index in [2.05, 4.69) is 0 Å². The molecule has 0 aromatic rings. The summed E-state index contributed by atoms with van der Waals surface area (Å²) in [5.74, 6) is 0.